The van der Waals surface area contributed by atoms with Crippen LogP contribution < -0.4 is 5.32 Å². The van der Waals surface area contributed by atoms with E-state index in [1.54, 1.807) is 0 Å². The third-order valence-corrected chi connectivity index (χ3v) is 3.82. The van der Waals surface area contributed by atoms with Gasteiger partial charge >= 0.3 is 0 Å². The highest BCUT2D eigenvalue weighted by molar-refractivity contribution is 5.10. The van der Waals surface area contributed by atoms with Crippen LogP contribution in [0.4, 0.5) is 0 Å². The number of aromatic nitrogens is 1. The van der Waals surface area contributed by atoms with Crippen LogP contribution in [-0.2, 0) is 6.42 Å². The number of likely N-dealkylation sites (tertiary alicyclic amines) is 1. The van der Waals surface area contributed by atoms with E-state index in [-0.39, 0.29) is 0 Å². The molecule has 18 heavy (non-hydrogen) atoms. The van der Waals surface area contributed by atoms with Gasteiger partial charge in [-0.15, -0.1) is 0 Å². The van der Waals surface area contributed by atoms with Gasteiger partial charge in [0.15, 0.2) is 0 Å². The summed E-state index contributed by atoms with van der Waals surface area (Å²) in [7, 11) is 0. The molecular formula is C15H25N3. The molecule has 0 radical (unpaired) electrons. The van der Waals surface area contributed by atoms with E-state index in [2.05, 4.69) is 34.3 Å². The number of piperidine rings is 1. The van der Waals surface area contributed by atoms with Crippen molar-refractivity contribution in [1.82, 2.24) is 15.2 Å². The molecule has 0 aromatic carbocycles. The number of pyridine rings is 1. The monoisotopic (exact) mass is 247 g/mol. The zero-order valence-electron chi connectivity index (χ0n) is 11.4. The fourth-order valence-electron chi connectivity index (χ4n) is 2.72. The number of rotatable bonds is 6. The number of nitrogens with zero attached hydrogens (tertiary/aromatic N) is 2. The van der Waals surface area contributed by atoms with Crippen molar-refractivity contribution in [3.8, 4) is 0 Å². The van der Waals surface area contributed by atoms with Gasteiger partial charge in [-0.1, -0.05) is 13.3 Å². The van der Waals surface area contributed by atoms with Crippen LogP contribution in [-0.4, -0.2) is 42.1 Å². The number of likely N-dealkylation sites (N-methyl/N-ethyl adjacent to an activating group) is 1. The standard InChI is InChI=1S/C15H25N3/c1-2-16-13-15-5-3-4-11-18(15)12-8-14-6-9-17-10-7-14/h6-7,9-10,15-16H,2-5,8,11-13H2,1H3. The van der Waals surface area contributed by atoms with Crippen molar-refractivity contribution >= 4 is 0 Å². The van der Waals surface area contributed by atoms with Crippen molar-refractivity contribution in [2.24, 2.45) is 0 Å². The zero-order chi connectivity index (χ0) is 12.6. The summed E-state index contributed by atoms with van der Waals surface area (Å²) in [6.07, 6.45) is 9.03. The minimum atomic E-state index is 0.737. The van der Waals surface area contributed by atoms with Crippen LogP contribution in [0.5, 0.6) is 0 Å². The molecule has 0 saturated carbocycles. The average Bonchev–Trinajstić information content (AvgIpc) is 2.45. The largest absolute Gasteiger partial charge is 0.315 e. The smallest absolute Gasteiger partial charge is 0.0270 e. The Morgan fingerprint density at radius 3 is 2.94 bits per heavy atom. The normalized spacial score (nSPS) is 21.1. The Morgan fingerprint density at radius 2 is 2.17 bits per heavy atom. The van der Waals surface area contributed by atoms with Gasteiger partial charge in [-0.3, -0.25) is 9.88 Å². The second kappa shape index (κ2) is 7.49. The van der Waals surface area contributed by atoms with E-state index in [4.69, 9.17) is 0 Å². The molecule has 0 aliphatic carbocycles. The lowest BCUT2D eigenvalue weighted by Gasteiger charge is -2.36. The van der Waals surface area contributed by atoms with Crippen molar-refractivity contribution in [2.75, 3.05) is 26.2 Å². The molecule has 0 spiro atoms. The third-order valence-electron chi connectivity index (χ3n) is 3.82. The fraction of sp³-hybridized carbons (Fsp3) is 0.667. The Balaban J connectivity index is 1.81. The molecule has 1 fully saturated rings. The van der Waals surface area contributed by atoms with Gasteiger partial charge in [-0.25, -0.2) is 0 Å². The molecule has 1 aromatic heterocycles. The van der Waals surface area contributed by atoms with Crippen molar-refractivity contribution in [1.29, 1.82) is 0 Å². The van der Waals surface area contributed by atoms with Gasteiger partial charge in [0.2, 0.25) is 0 Å². The first-order chi connectivity index (χ1) is 8.90. The predicted octanol–water partition coefficient (Wildman–Crippen LogP) is 2.09. The number of hydrogen-bond acceptors (Lipinski definition) is 3. The van der Waals surface area contributed by atoms with E-state index in [9.17, 15) is 0 Å². The van der Waals surface area contributed by atoms with Crippen LogP contribution in [0.2, 0.25) is 0 Å². The second-order valence-electron chi connectivity index (χ2n) is 5.10. The molecule has 1 aliphatic heterocycles. The Kier molecular flexibility index (Phi) is 5.62. The van der Waals surface area contributed by atoms with Gasteiger partial charge in [-0.2, -0.15) is 0 Å². The summed E-state index contributed by atoms with van der Waals surface area (Å²) in [4.78, 5) is 6.73. The van der Waals surface area contributed by atoms with Gasteiger partial charge in [0.05, 0.1) is 0 Å². The lowest BCUT2D eigenvalue weighted by molar-refractivity contribution is 0.147. The molecule has 2 heterocycles. The molecule has 1 aromatic rings. The second-order valence-corrected chi connectivity index (χ2v) is 5.10. The average molecular weight is 247 g/mol. The maximum atomic E-state index is 4.07. The summed E-state index contributed by atoms with van der Waals surface area (Å²) < 4.78 is 0. The van der Waals surface area contributed by atoms with E-state index in [1.165, 1.54) is 37.9 Å². The van der Waals surface area contributed by atoms with Crippen LogP contribution in [0.1, 0.15) is 31.7 Å². The first-order valence-electron chi connectivity index (χ1n) is 7.24. The number of hydrogen-bond donors (Lipinski definition) is 1. The first kappa shape index (κ1) is 13.5. The minimum absolute atomic E-state index is 0.737. The van der Waals surface area contributed by atoms with E-state index in [0.29, 0.717) is 0 Å². The predicted molar refractivity (Wildman–Crippen MR) is 75.7 cm³/mol. The van der Waals surface area contributed by atoms with E-state index >= 15 is 0 Å². The summed E-state index contributed by atoms with van der Waals surface area (Å²) in [5, 5.41) is 3.49. The molecule has 0 bridgehead atoms. The van der Waals surface area contributed by atoms with E-state index in [0.717, 1.165) is 25.6 Å². The lowest BCUT2D eigenvalue weighted by Crippen LogP contribution is -2.46. The van der Waals surface area contributed by atoms with Crippen LogP contribution in [0.25, 0.3) is 0 Å². The SMILES string of the molecule is CCNCC1CCCCN1CCc1ccncc1. The third kappa shape index (κ3) is 4.07. The van der Waals surface area contributed by atoms with Crippen molar-refractivity contribution in [2.45, 2.75) is 38.6 Å². The quantitative estimate of drug-likeness (QED) is 0.834. The van der Waals surface area contributed by atoms with Gasteiger partial charge in [0.1, 0.15) is 0 Å². The molecule has 1 aliphatic rings. The Labute approximate surface area is 111 Å². The van der Waals surface area contributed by atoms with Crippen LogP contribution >= 0.6 is 0 Å². The highest BCUT2D eigenvalue weighted by Gasteiger charge is 2.21. The van der Waals surface area contributed by atoms with Gasteiger partial charge in [0.25, 0.3) is 0 Å². The van der Waals surface area contributed by atoms with Gasteiger partial charge in [0, 0.05) is 31.5 Å². The first-order valence-corrected chi connectivity index (χ1v) is 7.24. The minimum Gasteiger partial charge on any atom is -0.315 e. The van der Waals surface area contributed by atoms with Crippen molar-refractivity contribution in [3.05, 3.63) is 30.1 Å². The summed E-state index contributed by atoms with van der Waals surface area (Å²) in [5.74, 6) is 0. The summed E-state index contributed by atoms with van der Waals surface area (Å²) >= 11 is 0. The van der Waals surface area contributed by atoms with Crippen molar-refractivity contribution < 1.29 is 0 Å². The number of nitrogens with one attached hydrogen (secondary N) is 1. The molecule has 3 heteroatoms. The highest BCUT2D eigenvalue weighted by atomic mass is 15.2. The molecular weight excluding hydrogens is 222 g/mol. The maximum Gasteiger partial charge on any atom is 0.0270 e. The summed E-state index contributed by atoms with van der Waals surface area (Å²) in [6.45, 7) is 6.85. The Morgan fingerprint density at radius 1 is 1.33 bits per heavy atom. The molecule has 1 N–H and O–H groups in total. The molecule has 3 nitrogen and oxygen atoms in total. The lowest BCUT2D eigenvalue weighted by atomic mass is 10.0. The summed E-state index contributed by atoms with van der Waals surface area (Å²) in [6, 6.07) is 4.99. The molecule has 0 amide bonds. The van der Waals surface area contributed by atoms with Crippen LogP contribution in [0.15, 0.2) is 24.5 Å². The molecule has 1 unspecified atom stereocenters. The topological polar surface area (TPSA) is 28.2 Å². The molecule has 1 atom stereocenters. The fourth-order valence-corrected chi connectivity index (χ4v) is 2.72. The summed E-state index contributed by atoms with van der Waals surface area (Å²) in [5.41, 5.74) is 1.40. The Bertz CT molecular complexity index is 326. The van der Waals surface area contributed by atoms with Gasteiger partial charge < -0.3 is 5.32 Å². The van der Waals surface area contributed by atoms with E-state index < -0.39 is 0 Å². The van der Waals surface area contributed by atoms with Crippen LogP contribution in [0, 0.1) is 0 Å². The Hall–Kier alpha value is -0.930. The van der Waals surface area contributed by atoms with E-state index in [1.807, 2.05) is 12.4 Å². The highest BCUT2D eigenvalue weighted by Crippen LogP contribution is 2.17. The maximum absolute atomic E-state index is 4.07. The van der Waals surface area contributed by atoms with Gasteiger partial charge in [-0.05, 0) is 50.0 Å². The van der Waals surface area contributed by atoms with Crippen LogP contribution in [0.3, 0.4) is 0 Å². The zero-order valence-corrected chi connectivity index (χ0v) is 11.4. The van der Waals surface area contributed by atoms with Crippen molar-refractivity contribution in [3.63, 3.8) is 0 Å². The molecule has 2 rings (SSSR count). The molecule has 1 saturated heterocycles. The molecule has 100 valence electrons.